The maximum absolute atomic E-state index is 12.4. The second kappa shape index (κ2) is 8.31. The molecule has 0 radical (unpaired) electrons. The first-order valence-electron chi connectivity index (χ1n) is 8.73. The lowest BCUT2D eigenvalue weighted by atomic mass is 10.1. The summed E-state index contributed by atoms with van der Waals surface area (Å²) in [4.78, 5) is 28.8. The van der Waals surface area contributed by atoms with E-state index in [9.17, 15) is 9.59 Å². The molecule has 6 heteroatoms. The summed E-state index contributed by atoms with van der Waals surface area (Å²) in [7, 11) is 1.58. The van der Waals surface area contributed by atoms with Crippen molar-refractivity contribution in [2.75, 3.05) is 19.0 Å². The molecule has 1 aromatic heterocycles. The molecule has 0 fully saturated rings. The van der Waals surface area contributed by atoms with E-state index in [1.165, 1.54) is 6.20 Å². The molecular formula is C21H21N3O3. The van der Waals surface area contributed by atoms with E-state index >= 15 is 0 Å². The van der Waals surface area contributed by atoms with Gasteiger partial charge in [-0.25, -0.2) is 4.79 Å². The molecule has 138 valence electrons. The first-order valence-corrected chi connectivity index (χ1v) is 8.73. The van der Waals surface area contributed by atoms with Crippen molar-refractivity contribution in [2.45, 2.75) is 13.5 Å². The highest BCUT2D eigenvalue weighted by atomic mass is 16.5. The first kappa shape index (κ1) is 18.4. The van der Waals surface area contributed by atoms with Gasteiger partial charge < -0.3 is 15.4 Å². The summed E-state index contributed by atoms with van der Waals surface area (Å²) in [6, 6.07) is 15.1. The number of hydrogen-bond acceptors (Lipinski definition) is 5. The minimum absolute atomic E-state index is 0.201. The third-order valence-corrected chi connectivity index (χ3v) is 4.16. The average molecular weight is 363 g/mol. The number of anilines is 1. The fourth-order valence-electron chi connectivity index (χ4n) is 2.82. The normalized spacial score (nSPS) is 10.4. The lowest BCUT2D eigenvalue weighted by Gasteiger charge is -2.15. The van der Waals surface area contributed by atoms with Crippen LogP contribution >= 0.6 is 0 Å². The maximum atomic E-state index is 12.4. The van der Waals surface area contributed by atoms with Crippen LogP contribution in [-0.4, -0.2) is 30.5 Å². The van der Waals surface area contributed by atoms with Crippen LogP contribution < -0.4 is 10.6 Å². The van der Waals surface area contributed by atoms with Gasteiger partial charge in [0.1, 0.15) is 5.56 Å². The Morgan fingerprint density at radius 1 is 1.11 bits per heavy atom. The largest absolute Gasteiger partial charge is 0.462 e. The van der Waals surface area contributed by atoms with Crippen molar-refractivity contribution in [3.05, 3.63) is 71.4 Å². The molecular weight excluding hydrogens is 342 g/mol. The first-order chi connectivity index (χ1) is 13.1. The molecule has 2 N–H and O–H groups in total. The minimum Gasteiger partial charge on any atom is -0.462 e. The number of aromatic nitrogens is 1. The number of esters is 1. The second-order valence-corrected chi connectivity index (χ2v) is 5.92. The zero-order valence-electron chi connectivity index (χ0n) is 15.3. The van der Waals surface area contributed by atoms with Gasteiger partial charge in [-0.1, -0.05) is 30.3 Å². The maximum Gasteiger partial charge on any atom is 0.341 e. The van der Waals surface area contributed by atoms with Crippen molar-refractivity contribution in [3.63, 3.8) is 0 Å². The number of benzene rings is 2. The number of ether oxygens (including phenoxy) is 1. The second-order valence-electron chi connectivity index (χ2n) is 5.92. The van der Waals surface area contributed by atoms with Gasteiger partial charge in [-0.15, -0.1) is 0 Å². The Hall–Kier alpha value is -3.41. The van der Waals surface area contributed by atoms with Crippen LogP contribution in [0.5, 0.6) is 0 Å². The molecule has 1 amide bonds. The van der Waals surface area contributed by atoms with Gasteiger partial charge in [-0.05, 0) is 30.7 Å². The SMILES string of the molecule is CCOC(=O)c1cnc2ccc(C(=O)NC)cc2c1NCc1ccccc1. The van der Waals surface area contributed by atoms with E-state index in [2.05, 4.69) is 15.6 Å². The van der Waals surface area contributed by atoms with Crippen LogP contribution in [0.2, 0.25) is 0 Å². The highest BCUT2D eigenvalue weighted by Gasteiger charge is 2.18. The Labute approximate surface area is 157 Å². The van der Waals surface area contributed by atoms with Gasteiger partial charge in [0.25, 0.3) is 5.91 Å². The monoisotopic (exact) mass is 363 g/mol. The topological polar surface area (TPSA) is 80.3 Å². The van der Waals surface area contributed by atoms with Crippen molar-refractivity contribution < 1.29 is 14.3 Å². The van der Waals surface area contributed by atoms with E-state index < -0.39 is 5.97 Å². The Balaban J connectivity index is 2.09. The van der Waals surface area contributed by atoms with E-state index in [0.717, 1.165) is 5.56 Å². The number of carbonyl (C=O) groups is 2. The number of nitrogens with zero attached hydrogens (tertiary/aromatic N) is 1. The predicted octanol–water partition coefficient (Wildman–Crippen LogP) is 3.38. The average Bonchev–Trinajstić information content (AvgIpc) is 2.71. The molecule has 27 heavy (non-hydrogen) atoms. The quantitative estimate of drug-likeness (QED) is 0.656. The van der Waals surface area contributed by atoms with Crippen molar-refractivity contribution in [2.24, 2.45) is 0 Å². The molecule has 2 aromatic carbocycles. The van der Waals surface area contributed by atoms with Gasteiger partial charge in [0.15, 0.2) is 0 Å². The number of pyridine rings is 1. The highest BCUT2D eigenvalue weighted by molar-refractivity contribution is 6.07. The summed E-state index contributed by atoms with van der Waals surface area (Å²) < 4.78 is 5.17. The lowest BCUT2D eigenvalue weighted by molar-refractivity contribution is 0.0527. The molecule has 0 saturated carbocycles. The number of hydrogen-bond donors (Lipinski definition) is 2. The van der Waals surface area contributed by atoms with E-state index in [1.54, 1.807) is 32.2 Å². The van der Waals surface area contributed by atoms with Crippen molar-refractivity contribution >= 4 is 28.5 Å². The number of nitrogens with one attached hydrogen (secondary N) is 2. The summed E-state index contributed by atoms with van der Waals surface area (Å²) in [5, 5.41) is 6.63. The molecule has 0 unspecified atom stereocenters. The summed E-state index contributed by atoms with van der Waals surface area (Å²) in [5.74, 6) is -0.653. The number of rotatable bonds is 6. The molecule has 0 aliphatic heterocycles. The van der Waals surface area contributed by atoms with Crippen LogP contribution in [0, 0.1) is 0 Å². The molecule has 3 aromatic rings. The van der Waals surface area contributed by atoms with E-state index in [4.69, 9.17) is 4.74 Å². The van der Waals surface area contributed by atoms with E-state index in [-0.39, 0.29) is 12.5 Å². The molecule has 0 saturated heterocycles. The molecule has 0 bridgehead atoms. The molecule has 0 spiro atoms. The fourth-order valence-corrected chi connectivity index (χ4v) is 2.82. The van der Waals surface area contributed by atoms with Crippen LogP contribution in [0.15, 0.2) is 54.7 Å². The van der Waals surface area contributed by atoms with Gasteiger partial charge in [0.2, 0.25) is 0 Å². The van der Waals surface area contributed by atoms with Crippen LogP contribution in [0.4, 0.5) is 5.69 Å². The number of amides is 1. The third-order valence-electron chi connectivity index (χ3n) is 4.16. The Morgan fingerprint density at radius 3 is 2.59 bits per heavy atom. The lowest BCUT2D eigenvalue weighted by Crippen LogP contribution is -2.18. The molecule has 0 aliphatic carbocycles. The van der Waals surface area contributed by atoms with Crippen LogP contribution in [0.25, 0.3) is 10.9 Å². The molecule has 0 aliphatic rings. The predicted molar refractivity (Wildman–Crippen MR) is 105 cm³/mol. The zero-order chi connectivity index (χ0) is 19.2. The fraction of sp³-hybridized carbons (Fsp3) is 0.190. The summed E-state index contributed by atoms with van der Waals surface area (Å²) >= 11 is 0. The third kappa shape index (κ3) is 4.06. The van der Waals surface area contributed by atoms with Gasteiger partial charge in [0, 0.05) is 30.7 Å². The van der Waals surface area contributed by atoms with Gasteiger partial charge in [-0.2, -0.15) is 0 Å². The molecule has 1 heterocycles. The van der Waals surface area contributed by atoms with Gasteiger partial charge >= 0.3 is 5.97 Å². The minimum atomic E-state index is -0.451. The van der Waals surface area contributed by atoms with Gasteiger partial charge in [-0.3, -0.25) is 9.78 Å². The molecule has 6 nitrogen and oxygen atoms in total. The summed E-state index contributed by atoms with van der Waals surface area (Å²) in [5.41, 5.74) is 3.20. The Kier molecular flexibility index (Phi) is 5.66. The number of fused-ring (bicyclic) bond motifs is 1. The number of carbonyl (C=O) groups excluding carboxylic acids is 2. The van der Waals surface area contributed by atoms with Crippen molar-refractivity contribution in [1.82, 2.24) is 10.3 Å². The highest BCUT2D eigenvalue weighted by Crippen LogP contribution is 2.28. The van der Waals surface area contributed by atoms with Crippen molar-refractivity contribution in [1.29, 1.82) is 0 Å². The standard InChI is InChI=1S/C21H21N3O3/c1-3-27-21(26)17-13-23-18-10-9-15(20(25)22-2)11-16(18)19(17)24-12-14-7-5-4-6-8-14/h4-11,13H,3,12H2,1-2H3,(H,22,25)(H,23,24). The van der Waals surface area contributed by atoms with Crippen LogP contribution in [0.3, 0.4) is 0 Å². The Morgan fingerprint density at radius 2 is 1.89 bits per heavy atom. The Bertz CT molecular complexity index is 971. The molecule has 0 atom stereocenters. The van der Waals surface area contributed by atoms with E-state index in [0.29, 0.717) is 34.3 Å². The molecule has 3 rings (SSSR count). The smallest absolute Gasteiger partial charge is 0.341 e. The van der Waals surface area contributed by atoms with Crippen LogP contribution in [0.1, 0.15) is 33.2 Å². The van der Waals surface area contributed by atoms with Crippen LogP contribution in [-0.2, 0) is 11.3 Å². The zero-order valence-corrected chi connectivity index (χ0v) is 15.3. The summed E-state index contributed by atoms with van der Waals surface area (Å²) in [6.07, 6.45) is 1.51. The van der Waals surface area contributed by atoms with Crippen molar-refractivity contribution in [3.8, 4) is 0 Å². The van der Waals surface area contributed by atoms with Gasteiger partial charge in [0.05, 0.1) is 17.8 Å². The van der Waals surface area contributed by atoms with E-state index in [1.807, 2.05) is 30.3 Å². The summed E-state index contributed by atoms with van der Waals surface area (Å²) in [6.45, 7) is 2.55.